The van der Waals surface area contributed by atoms with Gasteiger partial charge in [0.1, 0.15) is 6.04 Å². The first-order valence-electron chi connectivity index (χ1n) is 5.11. The lowest BCUT2D eigenvalue weighted by molar-refractivity contribution is -0.385. The maximum atomic E-state index is 11.6. The van der Waals surface area contributed by atoms with E-state index >= 15 is 0 Å². The van der Waals surface area contributed by atoms with Gasteiger partial charge in [0.15, 0.2) is 0 Å². The van der Waals surface area contributed by atoms with Gasteiger partial charge in [0.2, 0.25) is 0 Å². The third kappa shape index (κ3) is 3.03. The number of amides is 1. The Balaban J connectivity index is 2.91. The summed E-state index contributed by atoms with van der Waals surface area (Å²) in [5, 5.41) is 21.5. The van der Waals surface area contributed by atoms with Crippen molar-refractivity contribution in [3.05, 3.63) is 39.4 Å². The Hall–Kier alpha value is -2.44. The van der Waals surface area contributed by atoms with Crippen molar-refractivity contribution in [1.82, 2.24) is 5.32 Å². The van der Waals surface area contributed by atoms with Gasteiger partial charge in [0.25, 0.3) is 11.6 Å². The highest BCUT2D eigenvalue weighted by Crippen LogP contribution is 2.18. The number of benzene rings is 1. The molecule has 96 valence electrons. The number of hydrogen-bond acceptors (Lipinski definition) is 4. The van der Waals surface area contributed by atoms with Gasteiger partial charge in [0.05, 0.1) is 4.92 Å². The van der Waals surface area contributed by atoms with Gasteiger partial charge in [-0.05, 0) is 26.0 Å². The van der Waals surface area contributed by atoms with Crippen molar-refractivity contribution < 1.29 is 19.6 Å². The Morgan fingerprint density at radius 2 is 2.06 bits per heavy atom. The van der Waals surface area contributed by atoms with Gasteiger partial charge in [-0.25, -0.2) is 0 Å². The highest BCUT2D eigenvalue weighted by Gasteiger charge is 2.17. The van der Waals surface area contributed by atoms with Crippen molar-refractivity contribution in [1.29, 1.82) is 0 Å². The molecular weight excluding hydrogens is 240 g/mol. The molecule has 0 aliphatic heterocycles. The van der Waals surface area contributed by atoms with Crippen LogP contribution in [0.3, 0.4) is 0 Å². The standard InChI is InChI=1S/C11H12N2O5/c1-6-5-8(3-4-9(6)13(17)18)10(14)12-7(2)11(15)16/h3-5,7H,1-2H3,(H,12,14)(H,15,16). The molecule has 1 atom stereocenters. The third-order valence-electron chi connectivity index (χ3n) is 2.37. The Bertz CT molecular complexity index is 512. The molecule has 0 saturated carbocycles. The molecule has 0 aromatic heterocycles. The molecule has 2 N–H and O–H groups in total. The second-order valence-electron chi connectivity index (χ2n) is 3.79. The van der Waals surface area contributed by atoms with Crippen LogP contribution in [0.25, 0.3) is 0 Å². The predicted octanol–water partition coefficient (Wildman–Crippen LogP) is 1.11. The maximum absolute atomic E-state index is 11.6. The fraction of sp³-hybridized carbons (Fsp3) is 0.273. The van der Waals surface area contributed by atoms with E-state index in [0.29, 0.717) is 5.56 Å². The van der Waals surface area contributed by atoms with Gasteiger partial charge in [0, 0.05) is 17.2 Å². The van der Waals surface area contributed by atoms with E-state index in [2.05, 4.69) is 5.32 Å². The molecule has 0 aliphatic rings. The molecule has 0 spiro atoms. The van der Waals surface area contributed by atoms with Crippen LogP contribution in [0.2, 0.25) is 0 Å². The van der Waals surface area contributed by atoms with Gasteiger partial charge >= 0.3 is 5.97 Å². The van der Waals surface area contributed by atoms with Gasteiger partial charge < -0.3 is 10.4 Å². The number of hydrogen-bond donors (Lipinski definition) is 2. The molecule has 18 heavy (non-hydrogen) atoms. The van der Waals surface area contributed by atoms with Crippen molar-refractivity contribution >= 4 is 17.6 Å². The van der Waals surface area contributed by atoms with E-state index < -0.39 is 22.8 Å². The second-order valence-corrected chi connectivity index (χ2v) is 3.79. The van der Waals surface area contributed by atoms with Crippen molar-refractivity contribution in [2.24, 2.45) is 0 Å². The smallest absolute Gasteiger partial charge is 0.325 e. The zero-order chi connectivity index (χ0) is 13.9. The number of carbonyl (C=O) groups excluding carboxylic acids is 1. The number of nitro benzene ring substituents is 1. The van der Waals surface area contributed by atoms with E-state index in [1.807, 2.05) is 0 Å². The molecule has 0 fully saturated rings. The van der Waals surface area contributed by atoms with E-state index in [0.717, 1.165) is 0 Å². The Labute approximate surface area is 103 Å². The number of carboxylic acids is 1. The minimum Gasteiger partial charge on any atom is -0.480 e. The monoisotopic (exact) mass is 252 g/mol. The number of nitrogens with zero attached hydrogens (tertiary/aromatic N) is 1. The summed E-state index contributed by atoms with van der Waals surface area (Å²) in [6, 6.07) is 2.83. The van der Waals surface area contributed by atoms with Crippen molar-refractivity contribution in [2.75, 3.05) is 0 Å². The molecule has 7 nitrogen and oxygen atoms in total. The van der Waals surface area contributed by atoms with Crippen LogP contribution in [0.4, 0.5) is 5.69 Å². The molecule has 1 unspecified atom stereocenters. The van der Waals surface area contributed by atoms with Crippen LogP contribution in [0.5, 0.6) is 0 Å². The molecule has 1 aromatic rings. The van der Waals surface area contributed by atoms with Crippen LogP contribution in [-0.4, -0.2) is 27.9 Å². The van der Waals surface area contributed by atoms with Crippen molar-refractivity contribution in [3.8, 4) is 0 Å². The molecule has 1 aromatic carbocycles. The van der Waals surface area contributed by atoms with E-state index in [1.165, 1.54) is 32.0 Å². The van der Waals surface area contributed by atoms with Gasteiger partial charge in [-0.1, -0.05) is 0 Å². The van der Waals surface area contributed by atoms with Gasteiger partial charge in [-0.15, -0.1) is 0 Å². The SMILES string of the molecule is Cc1cc(C(=O)NC(C)C(=O)O)ccc1[N+](=O)[O-]. The molecule has 0 radical (unpaired) electrons. The van der Waals surface area contributed by atoms with Crippen LogP contribution in [0, 0.1) is 17.0 Å². The molecule has 1 amide bonds. The largest absolute Gasteiger partial charge is 0.480 e. The Morgan fingerprint density at radius 1 is 1.44 bits per heavy atom. The zero-order valence-electron chi connectivity index (χ0n) is 9.84. The van der Waals surface area contributed by atoms with Crippen LogP contribution < -0.4 is 5.32 Å². The highest BCUT2D eigenvalue weighted by molar-refractivity contribution is 5.96. The summed E-state index contributed by atoms with van der Waals surface area (Å²) < 4.78 is 0. The minimum atomic E-state index is -1.15. The van der Waals surface area contributed by atoms with E-state index in [4.69, 9.17) is 5.11 Å². The summed E-state index contributed by atoms with van der Waals surface area (Å²) in [7, 11) is 0. The zero-order valence-corrected chi connectivity index (χ0v) is 9.84. The maximum Gasteiger partial charge on any atom is 0.325 e. The Morgan fingerprint density at radius 3 is 2.50 bits per heavy atom. The van der Waals surface area contributed by atoms with Crippen LogP contribution in [-0.2, 0) is 4.79 Å². The number of carbonyl (C=O) groups is 2. The van der Waals surface area contributed by atoms with E-state index in [1.54, 1.807) is 0 Å². The first-order chi connectivity index (χ1) is 8.32. The molecule has 0 saturated heterocycles. The van der Waals surface area contributed by atoms with E-state index in [9.17, 15) is 19.7 Å². The first kappa shape index (κ1) is 13.6. The minimum absolute atomic E-state index is 0.0853. The number of carboxylic acid groups (broad SMARTS) is 1. The fourth-order valence-electron chi connectivity index (χ4n) is 1.34. The topological polar surface area (TPSA) is 110 Å². The van der Waals surface area contributed by atoms with Gasteiger partial charge in [-0.2, -0.15) is 0 Å². The number of nitro groups is 1. The lowest BCUT2D eigenvalue weighted by Gasteiger charge is -2.09. The number of aliphatic carboxylic acids is 1. The number of nitrogens with one attached hydrogen (secondary N) is 1. The second kappa shape index (κ2) is 5.26. The summed E-state index contributed by atoms with van der Waals surface area (Å²) in [5.41, 5.74) is 0.444. The lowest BCUT2D eigenvalue weighted by atomic mass is 10.1. The summed E-state index contributed by atoms with van der Waals surface area (Å²) in [6.07, 6.45) is 0. The normalized spacial score (nSPS) is 11.7. The fourth-order valence-corrected chi connectivity index (χ4v) is 1.34. The number of rotatable bonds is 4. The van der Waals surface area contributed by atoms with Gasteiger partial charge in [-0.3, -0.25) is 19.7 Å². The van der Waals surface area contributed by atoms with Crippen molar-refractivity contribution in [3.63, 3.8) is 0 Å². The molecule has 0 bridgehead atoms. The molecule has 0 heterocycles. The highest BCUT2D eigenvalue weighted by atomic mass is 16.6. The third-order valence-corrected chi connectivity index (χ3v) is 2.37. The quantitative estimate of drug-likeness (QED) is 0.616. The Kier molecular flexibility index (Phi) is 3.98. The number of aryl methyl sites for hydroxylation is 1. The molecule has 7 heteroatoms. The summed E-state index contributed by atoms with van der Waals surface area (Å²) in [5.74, 6) is -1.73. The first-order valence-corrected chi connectivity index (χ1v) is 5.11. The summed E-state index contributed by atoms with van der Waals surface area (Å²) >= 11 is 0. The molecule has 0 aliphatic carbocycles. The average Bonchev–Trinajstić information content (AvgIpc) is 2.27. The lowest BCUT2D eigenvalue weighted by Crippen LogP contribution is -2.38. The van der Waals surface area contributed by atoms with Crippen LogP contribution in [0.1, 0.15) is 22.8 Å². The molecular formula is C11H12N2O5. The van der Waals surface area contributed by atoms with Crippen molar-refractivity contribution in [2.45, 2.75) is 19.9 Å². The average molecular weight is 252 g/mol. The predicted molar refractivity (Wildman–Crippen MR) is 62.4 cm³/mol. The van der Waals surface area contributed by atoms with E-state index in [-0.39, 0.29) is 11.3 Å². The van der Waals surface area contributed by atoms with Crippen LogP contribution >= 0.6 is 0 Å². The summed E-state index contributed by atoms with van der Waals surface area (Å²) in [4.78, 5) is 32.3. The van der Waals surface area contributed by atoms with Crippen LogP contribution in [0.15, 0.2) is 18.2 Å². The summed E-state index contributed by atoms with van der Waals surface area (Å²) in [6.45, 7) is 2.84. The molecule has 1 rings (SSSR count).